The molecule has 0 unspecified atom stereocenters. The third-order valence-electron chi connectivity index (χ3n) is 6.57. The summed E-state index contributed by atoms with van der Waals surface area (Å²) in [7, 11) is 0. The van der Waals surface area contributed by atoms with Crippen LogP contribution in [0.4, 0.5) is 0 Å². The Hall–Kier alpha value is -2.68. The largest absolute Gasteiger partial charge is 0.355 e. The summed E-state index contributed by atoms with van der Waals surface area (Å²) in [5, 5.41) is 20.7. The topological polar surface area (TPSA) is 109 Å². The summed E-state index contributed by atoms with van der Waals surface area (Å²) in [4.78, 5) is 13.6. The predicted octanol–water partition coefficient (Wildman–Crippen LogP) is 0.942. The molecule has 3 aliphatic rings. The summed E-state index contributed by atoms with van der Waals surface area (Å²) in [5.41, 5.74) is 8.56. The van der Waals surface area contributed by atoms with Crippen molar-refractivity contribution in [2.45, 2.75) is 59.7 Å². The molecule has 34 heavy (non-hydrogen) atoms. The third-order valence-corrected chi connectivity index (χ3v) is 6.57. The monoisotopic (exact) mass is 489 g/mol. The molecule has 1 aromatic rings. The number of nitrogens with one attached hydrogen (secondary N) is 6. The molecule has 4 rings (SSSR count). The lowest BCUT2D eigenvalue weighted by Crippen LogP contribution is -2.36. The van der Waals surface area contributed by atoms with E-state index in [0.717, 1.165) is 96.0 Å². The number of aliphatic imine (C=N–C) groups is 3. The SMILES string of the molecule is CCc1c(CNC2=NCCN2)c(CC)c(CNC2=NCCN2)c(CC)c1CNC1=NCCN1.Cl. The van der Waals surface area contributed by atoms with E-state index in [1.807, 2.05) is 0 Å². The van der Waals surface area contributed by atoms with Crippen LogP contribution in [0.2, 0.25) is 0 Å². The summed E-state index contributed by atoms with van der Waals surface area (Å²) in [6, 6.07) is 0. The van der Waals surface area contributed by atoms with Gasteiger partial charge in [0.15, 0.2) is 17.9 Å². The Morgan fingerprint density at radius 2 is 0.824 bits per heavy atom. The van der Waals surface area contributed by atoms with Crippen molar-refractivity contribution in [3.8, 4) is 0 Å². The fourth-order valence-electron chi connectivity index (χ4n) is 5.08. The molecule has 0 spiro atoms. The first-order valence-electron chi connectivity index (χ1n) is 12.5. The highest BCUT2D eigenvalue weighted by Crippen LogP contribution is 2.31. The quantitative estimate of drug-likeness (QED) is 0.308. The van der Waals surface area contributed by atoms with Crippen molar-refractivity contribution >= 4 is 30.3 Å². The number of rotatable bonds is 9. The Kier molecular flexibility index (Phi) is 9.68. The van der Waals surface area contributed by atoms with E-state index in [1.165, 1.54) is 33.4 Å². The van der Waals surface area contributed by atoms with E-state index >= 15 is 0 Å². The van der Waals surface area contributed by atoms with Crippen molar-refractivity contribution in [1.29, 1.82) is 0 Å². The van der Waals surface area contributed by atoms with Gasteiger partial charge in [-0.2, -0.15) is 0 Å². The Morgan fingerprint density at radius 3 is 1.03 bits per heavy atom. The average Bonchev–Trinajstić information content (AvgIpc) is 3.63. The van der Waals surface area contributed by atoms with E-state index in [1.54, 1.807) is 0 Å². The van der Waals surface area contributed by atoms with Gasteiger partial charge in [-0.1, -0.05) is 20.8 Å². The first kappa shape index (κ1) is 25.9. The summed E-state index contributed by atoms with van der Waals surface area (Å²) in [6.45, 7) is 14.4. The van der Waals surface area contributed by atoms with E-state index in [4.69, 9.17) is 0 Å². The van der Waals surface area contributed by atoms with Gasteiger partial charge in [-0.05, 0) is 52.6 Å². The number of halogens is 1. The zero-order chi connectivity index (χ0) is 23.0. The number of benzene rings is 1. The molecule has 0 bridgehead atoms. The van der Waals surface area contributed by atoms with Crippen LogP contribution >= 0.6 is 12.4 Å². The molecule has 6 N–H and O–H groups in total. The minimum atomic E-state index is 0. The van der Waals surface area contributed by atoms with Crippen molar-refractivity contribution in [2.24, 2.45) is 15.0 Å². The molecule has 0 fully saturated rings. The fourth-order valence-corrected chi connectivity index (χ4v) is 5.08. The molecule has 9 nitrogen and oxygen atoms in total. The average molecular weight is 490 g/mol. The maximum absolute atomic E-state index is 4.54. The molecule has 0 radical (unpaired) electrons. The molecular formula is C24H40ClN9. The lowest BCUT2D eigenvalue weighted by Gasteiger charge is -2.27. The Balaban J connectivity index is 0.00000324. The summed E-state index contributed by atoms with van der Waals surface area (Å²) < 4.78 is 0. The Bertz CT molecular complexity index is 799. The highest BCUT2D eigenvalue weighted by Gasteiger charge is 2.22. The van der Waals surface area contributed by atoms with Crippen molar-refractivity contribution in [2.75, 3.05) is 39.3 Å². The van der Waals surface area contributed by atoms with Gasteiger partial charge in [0.2, 0.25) is 0 Å². The van der Waals surface area contributed by atoms with Crippen LogP contribution in [0, 0.1) is 0 Å². The van der Waals surface area contributed by atoms with E-state index in [0.29, 0.717) is 0 Å². The maximum atomic E-state index is 4.54. The van der Waals surface area contributed by atoms with Gasteiger partial charge in [0.25, 0.3) is 0 Å². The number of hydrogen-bond donors (Lipinski definition) is 6. The fraction of sp³-hybridized carbons (Fsp3) is 0.625. The van der Waals surface area contributed by atoms with Gasteiger partial charge in [0, 0.05) is 39.3 Å². The summed E-state index contributed by atoms with van der Waals surface area (Å²) >= 11 is 0. The van der Waals surface area contributed by atoms with Crippen LogP contribution < -0.4 is 31.9 Å². The van der Waals surface area contributed by atoms with Crippen LogP contribution in [-0.4, -0.2) is 57.1 Å². The zero-order valence-electron chi connectivity index (χ0n) is 20.7. The van der Waals surface area contributed by atoms with Gasteiger partial charge in [-0.15, -0.1) is 12.4 Å². The minimum Gasteiger partial charge on any atom is -0.355 e. The predicted molar refractivity (Wildman–Crippen MR) is 143 cm³/mol. The normalized spacial score (nSPS) is 16.5. The third kappa shape index (κ3) is 5.87. The van der Waals surface area contributed by atoms with Crippen LogP contribution in [0.3, 0.4) is 0 Å². The zero-order valence-corrected chi connectivity index (χ0v) is 21.6. The van der Waals surface area contributed by atoms with Crippen molar-refractivity contribution in [3.05, 3.63) is 33.4 Å². The first-order valence-corrected chi connectivity index (χ1v) is 12.5. The molecule has 0 saturated carbocycles. The lowest BCUT2D eigenvalue weighted by molar-refractivity contribution is 0.770. The lowest BCUT2D eigenvalue weighted by atomic mass is 9.83. The van der Waals surface area contributed by atoms with Crippen LogP contribution in [-0.2, 0) is 38.9 Å². The van der Waals surface area contributed by atoms with Crippen LogP contribution in [0.5, 0.6) is 0 Å². The molecule has 1 aromatic carbocycles. The number of nitrogens with zero attached hydrogens (tertiary/aromatic N) is 3. The van der Waals surface area contributed by atoms with E-state index in [-0.39, 0.29) is 12.4 Å². The molecule has 0 amide bonds. The molecular weight excluding hydrogens is 450 g/mol. The van der Waals surface area contributed by atoms with Gasteiger partial charge < -0.3 is 31.9 Å². The molecule has 10 heteroatoms. The molecule has 3 heterocycles. The molecule has 0 saturated heterocycles. The van der Waals surface area contributed by atoms with Crippen LogP contribution in [0.1, 0.15) is 54.2 Å². The molecule has 188 valence electrons. The van der Waals surface area contributed by atoms with Gasteiger partial charge in [-0.25, -0.2) is 0 Å². The second-order valence-electron chi connectivity index (χ2n) is 8.46. The highest BCUT2D eigenvalue weighted by atomic mass is 35.5. The smallest absolute Gasteiger partial charge is 0.191 e. The van der Waals surface area contributed by atoms with Gasteiger partial charge >= 0.3 is 0 Å². The van der Waals surface area contributed by atoms with Crippen molar-refractivity contribution in [3.63, 3.8) is 0 Å². The summed E-state index contributed by atoms with van der Waals surface area (Å²) in [6.07, 6.45) is 2.99. The molecule has 0 aliphatic carbocycles. The number of guanidine groups is 3. The second-order valence-corrected chi connectivity index (χ2v) is 8.46. The van der Waals surface area contributed by atoms with Gasteiger partial charge in [0.05, 0.1) is 19.6 Å². The van der Waals surface area contributed by atoms with E-state index in [9.17, 15) is 0 Å². The molecule has 3 aliphatic heterocycles. The Labute approximate surface area is 209 Å². The number of hydrogen-bond acceptors (Lipinski definition) is 9. The van der Waals surface area contributed by atoms with Gasteiger partial charge in [0.1, 0.15) is 0 Å². The van der Waals surface area contributed by atoms with Crippen LogP contribution in [0.15, 0.2) is 15.0 Å². The summed E-state index contributed by atoms with van der Waals surface area (Å²) in [5.74, 6) is 2.73. The van der Waals surface area contributed by atoms with Crippen molar-refractivity contribution < 1.29 is 0 Å². The minimum absolute atomic E-state index is 0. The van der Waals surface area contributed by atoms with Crippen LogP contribution in [0.25, 0.3) is 0 Å². The molecule has 0 atom stereocenters. The van der Waals surface area contributed by atoms with E-state index < -0.39 is 0 Å². The first-order chi connectivity index (χ1) is 16.2. The standard InChI is InChI=1S/C24H39N9.ClH/c1-4-16-19(13-31-22-25-7-8-26-22)17(5-2)21(15-33-24-29-11-12-30-24)18(6-3)20(16)14-32-23-27-9-10-28-23;/h4-15H2,1-3H3,(H2,25,26,31)(H2,27,28,32)(H2,29,30,33);1H. The van der Waals surface area contributed by atoms with Gasteiger partial charge in [-0.3, -0.25) is 15.0 Å². The Morgan fingerprint density at radius 1 is 0.529 bits per heavy atom. The second kappa shape index (κ2) is 12.7. The highest BCUT2D eigenvalue weighted by molar-refractivity contribution is 5.85. The van der Waals surface area contributed by atoms with E-state index in [2.05, 4.69) is 67.6 Å². The molecule has 0 aromatic heterocycles. The maximum Gasteiger partial charge on any atom is 0.191 e. The van der Waals surface area contributed by atoms with Crippen molar-refractivity contribution in [1.82, 2.24) is 31.9 Å².